The summed E-state index contributed by atoms with van der Waals surface area (Å²) in [6.45, 7) is -0.156. The van der Waals surface area contributed by atoms with Gasteiger partial charge in [0.1, 0.15) is 11.6 Å². The summed E-state index contributed by atoms with van der Waals surface area (Å²) in [7, 11) is 0. The van der Waals surface area contributed by atoms with Gasteiger partial charge in [0.25, 0.3) is 0 Å². The normalized spacial score (nSPS) is 12.4. The van der Waals surface area contributed by atoms with Crippen molar-refractivity contribution in [2.45, 2.75) is 12.3 Å². The zero-order valence-corrected chi connectivity index (χ0v) is 10.9. The molecule has 0 fully saturated rings. The molecule has 2 aromatic carbocycles. The minimum atomic E-state index is -0.395. The lowest BCUT2D eigenvalue weighted by Gasteiger charge is -2.16. The largest absolute Gasteiger partial charge is 0.396 e. The molecular weight excluding hydrogens is 270 g/mol. The molecule has 0 bridgehead atoms. The van der Waals surface area contributed by atoms with Gasteiger partial charge in [0.05, 0.1) is 6.61 Å². The molecule has 1 nitrogen and oxygen atoms in total. The van der Waals surface area contributed by atoms with Gasteiger partial charge in [-0.25, -0.2) is 8.78 Å². The van der Waals surface area contributed by atoms with Gasteiger partial charge in [-0.05, 0) is 36.2 Å². The van der Waals surface area contributed by atoms with Crippen LogP contribution < -0.4 is 0 Å². The van der Waals surface area contributed by atoms with E-state index < -0.39 is 5.82 Å². The summed E-state index contributed by atoms with van der Waals surface area (Å²) in [6.07, 6.45) is 0.271. The zero-order valence-electron chi connectivity index (χ0n) is 10.1. The van der Waals surface area contributed by atoms with Crippen molar-refractivity contribution in [3.63, 3.8) is 0 Å². The first-order chi connectivity index (χ1) is 9.11. The lowest BCUT2D eigenvalue weighted by atomic mass is 9.92. The summed E-state index contributed by atoms with van der Waals surface area (Å²) in [5.74, 6) is -1.05. The average Bonchev–Trinajstić information content (AvgIpc) is 2.40. The fraction of sp³-hybridized carbons (Fsp3) is 0.200. The van der Waals surface area contributed by atoms with Gasteiger partial charge in [0.2, 0.25) is 0 Å². The van der Waals surface area contributed by atoms with Crippen molar-refractivity contribution in [1.29, 1.82) is 0 Å². The number of aliphatic hydroxyl groups excluding tert-OH is 1. The molecule has 0 saturated heterocycles. The van der Waals surface area contributed by atoms with Crippen LogP contribution in [0.4, 0.5) is 8.78 Å². The van der Waals surface area contributed by atoms with Gasteiger partial charge in [-0.15, -0.1) is 0 Å². The first-order valence-corrected chi connectivity index (χ1v) is 6.29. The highest BCUT2D eigenvalue weighted by Gasteiger charge is 2.16. The molecule has 2 aromatic rings. The molecule has 0 aliphatic heterocycles. The predicted molar refractivity (Wildman–Crippen MR) is 71.3 cm³/mol. The lowest BCUT2D eigenvalue weighted by Crippen LogP contribution is -2.09. The maximum Gasteiger partial charge on any atom is 0.127 e. The van der Waals surface area contributed by atoms with Crippen molar-refractivity contribution in [2.75, 3.05) is 6.61 Å². The van der Waals surface area contributed by atoms with Crippen molar-refractivity contribution in [3.05, 3.63) is 70.2 Å². The molecule has 0 heterocycles. The molecule has 2 rings (SSSR count). The third-order valence-corrected chi connectivity index (χ3v) is 3.43. The molecule has 0 aliphatic rings. The van der Waals surface area contributed by atoms with E-state index in [1.54, 1.807) is 18.2 Å². The van der Waals surface area contributed by atoms with Crippen molar-refractivity contribution in [2.24, 2.45) is 0 Å². The smallest absolute Gasteiger partial charge is 0.127 e. The van der Waals surface area contributed by atoms with Crippen molar-refractivity contribution in [1.82, 2.24) is 0 Å². The second kappa shape index (κ2) is 6.13. The van der Waals surface area contributed by atoms with Crippen LogP contribution in [0.25, 0.3) is 0 Å². The minimum absolute atomic E-state index is 0.156. The Bertz CT molecular complexity index is 534. The van der Waals surface area contributed by atoms with E-state index in [0.717, 1.165) is 5.56 Å². The standard InChI is InChI=1S/C15H13ClF2O/c16-14-2-1-3-15(18)13(14)8-11(9-19)10-4-6-12(17)7-5-10/h1-7,11,19H,8-9H2. The maximum absolute atomic E-state index is 13.7. The number of rotatable bonds is 4. The summed E-state index contributed by atoms with van der Waals surface area (Å²) >= 11 is 5.96. The number of aliphatic hydroxyl groups is 1. The lowest BCUT2D eigenvalue weighted by molar-refractivity contribution is 0.263. The van der Waals surface area contributed by atoms with E-state index in [0.29, 0.717) is 10.6 Å². The van der Waals surface area contributed by atoms with Gasteiger partial charge in [0, 0.05) is 16.5 Å². The van der Waals surface area contributed by atoms with Crippen LogP contribution in [0.3, 0.4) is 0 Å². The number of hydrogen-bond donors (Lipinski definition) is 1. The summed E-state index contributed by atoms with van der Waals surface area (Å²) in [6, 6.07) is 10.3. The molecule has 1 N–H and O–H groups in total. The van der Waals surface area contributed by atoms with E-state index in [2.05, 4.69) is 0 Å². The van der Waals surface area contributed by atoms with E-state index in [-0.39, 0.29) is 24.8 Å². The second-order valence-electron chi connectivity index (χ2n) is 4.34. The zero-order chi connectivity index (χ0) is 13.8. The van der Waals surface area contributed by atoms with Crippen LogP contribution in [0.15, 0.2) is 42.5 Å². The van der Waals surface area contributed by atoms with Crippen molar-refractivity contribution >= 4 is 11.6 Å². The molecule has 1 atom stereocenters. The van der Waals surface area contributed by atoms with E-state index in [9.17, 15) is 13.9 Å². The van der Waals surface area contributed by atoms with Crippen LogP contribution in [0.1, 0.15) is 17.0 Å². The summed E-state index contributed by atoms with van der Waals surface area (Å²) in [5, 5.41) is 9.77. The SMILES string of the molecule is OCC(Cc1c(F)cccc1Cl)c1ccc(F)cc1. The monoisotopic (exact) mass is 282 g/mol. The Morgan fingerprint density at radius 3 is 2.32 bits per heavy atom. The third kappa shape index (κ3) is 3.31. The van der Waals surface area contributed by atoms with Crippen molar-refractivity contribution < 1.29 is 13.9 Å². The van der Waals surface area contributed by atoms with Crippen LogP contribution in [-0.4, -0.2) is 11.7 Å². The molecule has 0 aliphatic carbocycles. The molecule has 0 spiro atoms. The second-order valence-corrected chi connectivity index (χ2v) is 4.74. The van der Waals surface area contributed by atoms with Gasteiger partial charge in [-0.2, -0.15) is 0 Å². The quantitative estimate of drug-likeness (QED) is 0.901. The molecule has 1 unspecified atom stereocenters. The number of benzene rings is 2. The predicted octanol–water partition coefficient (Wildman–Crippen LogP) is 3.94. The minimum Gasteiger partial charge on any atom is -0.396 e. The van der Waals surface area contributed by atoms with Crippen LogP contribution in [0.5, 0.6) is 0 Å². The molecule has 0 aromatic heterocycles. The first-order valence-electron chi connectivity index (χ1n) is 5.91. The van der Waals surface area contributed by atoms with Gasteiger partial charge < -0.3 is 5.11 Å². The first kappa shape index (κ1) is 14.0. The molecule has 0 radical (unpaired) electrons. The van der Waals surface area contributed by atoms with E-state index >= 15 is 0 Å². The highest BCUT2D eigenvalue weighted by atomic mass is 35.5. The van der Waals surface area contributed by atoms with Crippen LogP contribution in [0, 0.1) is 11.6 Å². The van der Waals surface area contributed by atoms with Crippen LogP contribution in [0.2, 0.25) is 5.02 Å². The summed E-state index contributed by atoms with van der Waals surface area (Å²) in [5.41, 5.74) is 1.12. The molecular formula is C15H13ClF2O. The fourth-order valence-electron chi connectivity index (χ4n) is 2.00. The highest BCUT2D eigenvalue weighted by Crippen LogP contribution is 2.27. The van der Waals surface area contributed by atoms with E-state index in [4.69, 9.17) is 11.6 Å². The Morgan fingerprint density at radius 1 is 1.05 bits per heavy atom. The Balaban J connectivity index is 2.26. The van der Waals surface area contributed by atoms with E-state index in [1.165, 1.54) is 24.3 Å². The Kier molecular flexibility index (Phi) is 4.51. The average molecular weight is 283 g/mol. The topological polar surface area (TPSA) is 20.2 Å². The fourth-order valence-corrected chi connectivity index (χ4v) is 2.24. The summed E-state index contributed by atoms with van der Waals surface area (Å²) in [4.78, 5) is 0. The Labute approximate surface area is 115 Å². The van der Waals surface area contributed by atoms with Crippen LogP contribution >= 0.6 is 11.6 Å². The Morgan fingerprint density at radius 2 is 1.74 bits per heavy atom. The molecule has 19 heavy (non-hydrogen) atoms. The summed E-state index contributed by atoms with van der Waals surface area (Å²) < 4.78 is 26.6. The molecule has 4 heteroatoms. The molecule has 0 saturated carbocycles. The van der Waals surface area contributed by atoms with Gasteiger partial charge in [-0.3, -0.25) is 0 Å². The molecule has 0 amide bonds. The number of halogens is 3. The molecule has 100 valence electrons. The van der Waals surface area contributed by atoms with E-state index in [1.807, 2.05) is 0 Å². The maximum atomic E-state index is 13.7. The van der Waals surface area contributed by atoms with Gasteiger partial charge in [0.15, 0.2) is 0 Å². The third-order valence-electron chi connectivity index (χ3n) is 3.07. The highest BCUT2D eigenvalue weighted by molar-refractivity contribution is 6.31. The number of hydrogen-bond acceptors (Lipinski definition) is 1. The van der Waals surface area contributed by atoms with Crippen LogP contribution in [-0.2, 0) is 6.42 Å². The van der Waals surface area contributed by atoms with Gasteiger partial charge >= 0.3 is 0 Å². The Hall–Kier alpha value is -1.45. The van der Waals surface area contributed by atoms with Crippen molar-refractivity contribution in [3.8, 4) is 0 Å². The van der Waals surface area contributed by atoms with Gasteiger partial charge in [-0.1, -0.05) is 29.8 Å².